The van der Waals surface area contributed by atoms with Gasteiger partial charge in [0.15, 0.2) is 6.10 Å². The molecule has 1 aliphatic rings. The van der Waals surface area contributed by atoms with Gasteiger partial charge in [0.05, 0.1) is 19.4 Å². The lowest BCUT2D eigenvalue weighted by atomic mass is 10.1. The summed E-state index contributed by atoms with van der Waals surface area (Å²) < 4.78 is 10.7. The highest BCUT2D eigenvalue weighted by molar-refractivity contribution is 5.87. The fourth-order valence-corrected chi connectivity index (χ4v) is 2.27. The standard InChI is InChI=1S/C16H16N2O4/c19-15(17-9-12-5-3-7-21-12)10-18-16(20)14-8-11-4-1-2-6-13(11)22-14/h1-7,14H,8-10H2,(H,17,19)(H,18,20). The van der Waals surface area contributed by atoms with Gasteiger partial charge in [-0.05, 0) is 23.8 Å². The maximum Gasteiger partial charge on any atom is 0.261 e. The van der Waals surface area contributed by atoms with Crippen molar-refractivity contribution in [2.75, 3.05) is 6.54 Å². The number of fused-ring (bicyclic) bond motifs is 1. The van der Waals surface area contributed by atoms with Gasteiger partial charge in [0.1, 0.15) is 11.5 Å². The Morgan fingerprint density at radius 1 is 1.14 bits per heavy atom. The number of carbonyl (C=O) groups is 2. The van der Waals surface area contributed by atoms with Crippen LogP contribution in [0, 0.1) is 0 Å². The number of furan rings is 1. The third-order valence-corrected chi connectivity index (χ3v) is 3.40. The second-order valence-electron chi connectivity index (χ2n) is 4.99. The Balaban J connectivity index is 1.42. The second-order valence-corrected chi connectivity index (χ2v) is 4.99. The SMILES string of the molecule is O=C(CNC(=O)C1Cc2ccccc2O1)NCc1ccco1. The lowest BCUT2D eigenvalue weighted by Gasteiger charge is -2.11. The van der Waals surface area contributed by atoms with Gasteiger partial charge in [-0.2, -0.15) is 0 Å². The van der Waals surface area contributed by atoms with Crippen LogP contribution in [0.2, 0.25) is 0 Å². The molecule has 0 bridgehead atoms. The minimum Gasteiger partial charge on any atom is -0.480 e. The van der Waals surface area contributed by atoms with E-state index >= 15 is 0 Å². The summed E-state index contributed by atoms with van der Waals surface area (Å²) in [6, 6.07) is 11.0. The summed E-state index contributed by atoms with van der Waals surface area (Å²) in [6.45, 7) is 0.211. The normalized spacial score (nSPS) is 15.7. The lowest BCUT2D eigenvalue weighted by molar-refractivity contribution is -0.130. The van der Waals surface area contributed by atoms with E-state index in [4.69, 9.17) is 9.15 Å². The van der Waals surface area contributed by atoms with Gasteiger partial charge >= 0.3 is 0 Å². The average molecular weight is 300 g/mol. The summed E-state index contributed by atoms with van der Waals surface area (Å²) in [4.78, 5) is 23.7. The number of rotatable bonds is 5. The number of nitrogens with one attached hydrogen (secondary N) is 2. The summed E-state index contributed by atoms with van der Waals surface area (Å²) in [7, 11) is 0. The van der Waals surface area contributed by atoms with Crippen LogP contribution in [-0.4, -0.2) is 24.5 Å². The number of hydrogen-bond donors (Lipinski definition) is 2. The molecule has 2 amide bonds. The first-order valence-corrected chi connectivity index (χ1v) is 7.04. The predicted octanol–water partition coefficient (Wildman–Crippen LogP) is 1.02. The van der Waals surface area contributed by atoms with Crippen LogP contribution in [0.3, 0.4) is 0 Å². The first-order valence-electron chi connectivity index (χ1n) is 7.04. The summed E-state index contributed by atoms with van der Waals surface area (Å²) in [5, 5.41) is 5.24. The van der Waals surface area contributed by atoms with E-state index in [0.717, 1.165) is 11.3 Å². The molecule has 1 aromatic carbocycles. The largest absolute Gasteiger partial charge is 0.480 e. The van der Waals surface area contributed by atoms with Crippen molar-refractivity contribution in [1.29, 1.82) is 0 Å². The highest BCUT2D eigenvalue weighted by atomic mass is 16.5. The maximum atomic E-state index is 12.0. The van der Waals surface area contributed by atoms with E-state index in [1.807, 2.05) is 24.3 Å². The molecule has 3 rings (SSSR count). The smallest absolute Gasteiger partial charge is 0.261 e. The van der Waals surface area contributed by atoms with Crippen molar-refractivity contribution in [2.45, 2.75) is 19.1 Å². The van der Waals surface area contributed by atoms with Crippen LogP contribution >= 0.6 is 0 Å². The van der Waals surface area contributed by atoms with Gasteiger partial charge in [-0.25, -0.2) is 0 Å². The minimum atomic E-state index is -0.574. The van der Waals surface area contributed by atoms with Crippen molar-refractivity contribution < 1.29 is 18.7 Å². The van der Waals surface area contributed by atoms with Gasteiger partial charge in [0.2, 0.25) is 5.91 Å². The van der Waals surface area contributed by atoms with E-state index in [-0.39, 0.29) is 18.4 Å². The monoisotopic (exact) mass is 300 g/mol. The third kappa shape index (κ3) is 3.28. The number of para-hydroxylation sites is 1. The molecule has 0 spiro atoms. The molecule has 1 unspecified atom stereocenters. The summed E-state index contributed by atoms with van der Waals surface area (Å²) in [6.07, 6.45) is 1.49. The van der Waals surface area contributed by atoms with E-state index in [2.05, 4.69) is 10.6 Å². The molecule has 2 aromatic rings. The first-order chi connectivity index (χ1) is 10.7. The molecular formula is C16H16N2O4. The number of amides is 2. The van der Waals surface area contributed by atoms with Crippen molar-refractivity contribution in [3.05, 3.63) is 54.0 Å². The van der Waals surface area contributed by atoms with Crippen molar-refractivity contribution in [3.8, 4) is 5.75 Å². The summed E-state index contributed by atoms with van der Waals surface area (Å²) >= 11 is 0. The van der Waals surface area contributed by atoms with Gasteiger partial charge in [0.25, 0.3) is 5.91 Å². The molecule has 0 saturated heterocycles. The Hall–Kier alpha value is -2.76. The molecule has 2 heterocycles. The van der Waals surface area contributed by atoms with Crippen molar-refractivity contribution in [1.82, 2.24) is 10.6 Å². The van der Waals surface area contributed by atoms with Gasteiger partial charge < -0.3 is 19.8 Å². The van der Waals surface area contributed by atoms with Crippen molar-refractivity contribution in [3.63, 3.8) is 0 Å². The molecule has 114 valence electrons. The Bertz CT molecular complexity index is 642. The maximum absolute atomic E-state index is 12.0. The van der Waals surface area contributed by atoms with E-state index in [1.165, 1.54) is 0 Å². The zero-order valence-electron chi connectivity index (χ0n) is 11.9. The Kier molecular flexibility index (Phi) is 4.09. The Morgan fingerprint density at radius 3 is 2.77 bits per heavy atom. The molecule has 0 saturated carbocycles. The zero-order chi connectivity index (χ0) is 15.4. The van der Waals surface area contributed by atoms with Crippen LogP contribution in [0.1, 0.15) is 11.3 Å². The third-order valence-electron chi connectivity index (χ3n) is 3.40. The topological polar surface area (TPSA) is 80.6 Å². The van der Waals surface area contributed by atoms with E-state index in [1.54, 1.807) is 18.4 Å². The average Bonchev–Trinajstić information content (AvgIpc) is 3.19. The molecule has 1 aromatic heterocycles. The number of benzene rings is 1. The molecule has 0 radical (unpaired) electrons. The van der Waals surface area contributed by atoms with Crippen molar-refractivity contribution in [2.24, 2.45) is 0 Å². The number of carbonyl (C=O) groups excluding carboxylic acids is 2. The van der Waals surface area contributed by atoms with E-state index in [0.29, 0.717) is 18.7 Å². The minimum absolute atomic E-state index is 0.0876. The second kappa shape index (κ2) is 6.34. The zero-order valence-corrected chi connectivity index (χ0v) is 11.9. The molecule has 6 heteroatoms. The number of ether oxygens (including phenoxy) is 1. The summed E-state index contributed by atoms with van der Waals surface area (Å²) in [5.41, 5.74) is 1.00. The van der Waals surface area contributed by atoms with E-state index < -0.39 is 6.10 Å². The van der Waals surface area contributed by atoms with Crippen LogP contribution in [-0.2, 0) is 22.6 Å². The molecule has 1 aliphatic heterocycles. The van der Waals surface area contributed by atoms with Crippen LogP contribution in [0.5, 0.6) is 5.75 Å². The Morgan fingerprint density at radius 2 is 2.00 bits per heavy atom. The molecule has 2 N–H and O–H groups in total. The van der Waals surface area contributed by atoms with Crippen LogP contribution in [0.25, 0.3) is 0 Å². The molecule has 6 nitrogen and oxygen atoms in total. The fraction of sp³-hybridized carbons (Fsp3) is 0.250. The van der Waals surface area contributed by atoms with Gasteiger partial charge in [-0.3, -0.25) is 9.59 Å². The van der Waals surface area contributed by atoms with Crippen LogP contribution < -0.4 is 15.4 Å². The quantitative estimate of drug-likeness (QED) is 0.864. The molecule has 0 aliphatic carbocycles. The van der Waals surface area contributed by atoms with Gasteiger partial charge in [-0.1, -0.05) is 18.2 Å². The fourth-order valence-electron chi connectivity index (χ4n) is 2.27. The predicted molar refractivity (Wildman–Crippen MR) is 78.1 cm³/mol. The molecular weight excluding hydrogens is 284 g/mol. The molecule has 0 fully saturated rings. The lowest BCUT2D eigenvalue weighted by Crippen LogP contribution is -2.42. The van der Waals surface area contributed by atoms with Crippen LogP contribution in [0.15, 0.2) is 47.1 Å². The Labute approximate surface area is 127 Å². The molecule has 22 heavy (non-hydrogen) atoms. The van der Waals surface area contributed by atoms with E-state index in [9.17, 15) is 9.59 Å². The van der Waals surface area contributed by atoms with Gasteiger partial charge in [-0.15, -0.1) is 0 Å². The van der Waals surface area contributed by atoms with Crippen molar-refractivity contribution >= 4 is 11.8 Å². The highest BCUT2D eigenvalue weighted by Crippen LogP contribution is 2.27. The van der Waals surface area contributed by atoms with Crippen LogP contribution in [0.4, 0.5) is 0 Å². The number of hydrogen-bond acceptors (Lipinski definition) is 4. The highest BCUT2D eigenvalue weighted by Gasteiger charge is 2.28. The molecule has 1 atom stereocenters. The summed E-state index contributed by atoms with van der Waals surface area (Å²) in [5.74, 6) is 0.823. The van der Waals surface area contributed by atoms with Gasteiger partial charge in [0, 0.05) is 6.42 Å². The first kappa shape index (κ1) is 14.2.